The Kier molecular flexibility index (Phi) is 4.53. The summed E-state index contributed by atoms with van der Waals surface area (Å²) in [6, 6.07) is 16.6. The Morgan fingerprint density at radius 1 is 1.15 bits per heavy atom. The van der Waals surface area contributed by atoms with Gasteiger partial charge in [0.05, 0.1) is 22.8 Å². The lowest BCUT2D eigenvalue weighted by atomic mass is 9.94. The molecule has 2 heterocycles. The van der Waals surface area contributed by atoms with Gasteiger partial charge < -0.3 is 9.80 Å². The largest absolute Gasteiger partial charge is 0.333 e. The monoisotopic (exact) mass is 349 g/mol. The minimum absolute atomic E-state index is 0.116. The smallest absolute Gasteiger partial charge is 0.233 e. The summed E-state index contributed by atoms with van der Waals surface area (Å²) in [5, 5.41) is 0. The molecule has 1 aliphatic heterocycles. The van der Waals surface area contributed by atoms with Crippen LogP contribution in [0.3, 0.4) is 0 Å². The predicted molar refractivity (Wildman–Crippen MR) is 103 cm³/mol. The summed E-state index contributed by atoms with van der Waals surface area (Å²) in [6.07, 6.45) is 4.00. The molecular formula is C22H27N3O. The molecule has 4 nitrogen and oxygen atoms in total. The average Bonchev–Trinajstić information content (AvgIpc) is 3.31. The van der Waals surface area contributed by atoms with E-state index in [0.29, 0.717) is 5.91 Å². The molecule has 1 atom stereocenters. The van der Waals surface area contributed by atoms with Gasteiger partial charge in [0.25, 0.3) is 0 Å². The van der Waals surface area contributed by atoms with Crippen molar-refractivity contribution in [3.63, 3.8) is 0 Å². The fraction of sp³-hybridized carbons (Fsp3) is 0.455. The predicted octanol–water partition coefficient (Wildman–Crippen LogP) is 3.54. The molecule has 2 fully saturated rings. The van der Waals surface area contributed by atoms with E-state index in [2.05, 4.69) is 54.2 Å². The fourth-order valence-corrected chi connectivity index (χ4v) is 4.20. The van der Waals surface area contributed by atoms with Crippen LogP contribution < -0.4 is 0 Å². The van der Waals surface area contributed by atoms with Crippen LogP contribution in [0.25, 0.3) is 0 Å². The Labute approximate surface area is 155 Å². The molecule has 4 rings (SSSR count). The molecule has 0 spiro atoms. The Morgan fingerprint density at radius 3 is 2.62 bits per heavy atom. The molecule has 1 saturated heterocycles. The summed E-state index contributed by atoms with van der Waals surface area (Å²) in [7, 11) is 4.10. The summed E-state index contributed by atoms with van der Waals surface area (Å²) in [6.45, 7) is 1.67. The standard InChI is InChI=1S/C22H27N3O/c1-24(2)16-18-10-6-11-19(23-18)20-12-7-15-25(20)21(26)22(13-14-22)17-8-4-3-5-9-17/h3-6,8-11,20H,7,12-16H2,1-2H3/t20-/m0/s1. The molecule has 26 heavy (non-hydrogen) atoms. The summed E-state index contributed by atoms with van der Waals surface area (Å²) in [5.74, 6) is 0.297. The molecule has 4 heteroatoms. The van der Waals surface area contributed by atoms with Crippen LogP contribution in [0.1, 0.15) is 48.7 Å². The van der Waals surface area contributed by atoms with Gasteiger partial charge >= 0.3 is 0 Å². The van der Waals surface area contributed by atoms with Gasteiger partial charge in [-0.25, -0.2) is 0 Å². The van der Waals surface area contributed by atoms with Crippen molar-refractivity contribution in [3.8, 4) is 0 Å². The summed E-state index contributed by atoms with van der Waals surface area (Å²) < 4.78 is 0. The number of hydrogen-bond donors (Lipinski definition) is 0. The van der Waals surface area contributed by atoms with Crippen molar-refractivity contribution in [1.29, 1.82) is 0 Å². The molecule has 1 aliphatic carbocycles. The number of amides is 1. The molecule has 0 radical (unpaired) electrons. The van der Waals surface area contributed by atoms with E-state index < -0.39 is 0 Å². The van der Waals surface area contributed by atoms with Crippen LogP contribution in [0, 0.1) is 0 Å². The zero-order valence-electron chi connectivity index (χ0n) is 15.7. The lowest BCUT2D eigenvalue weighted by Crippen LogP contribution is -2.39. The van der Waals surface area contributed by atoms with Crippen molar-refractivity contribution in [2.45, 2.75) is 43.7 Å². The van der Waals surface area contributed by atoms with Gasteiger partial charge in [0.15, 0.2) is 0 Å². The summed E-state index contributed by atoms with van der Waals surface area (Å²) in [4.78, 5) is 22.6. The molecule has 0 N–H and O–H groups in total. The van der Waals surface area contributed by atoms with Gasteiger partial charge in [0, 0.05) is 13.1 Å². The molecular weight excluding hydrogens is 322 g/mol. The van der Waals surface area contributed by atoms with Crippen LogP contribution in [-0.4, -0.2) is 41.3 Å². The van der Waals surface area contributed by atoms with E-state index in [1.807, 2.05) is 18.2 Å². The maximum absolute atomic E-state index is 13.5. The second kappa shape index (κ2) is 6.84. The number of carbonyl (C=O) groups excluding carboxylic acids is 1. The highest BCUT2D eigenvalue weighted by Crippen LogP contribution is 2.51. The second-order valence-corrected chi connectivity index (χ2v) is 7.90. The first-order valence-corrected chi connectivity index (χ1v) is 9.57. The number of benzene rings is 1. The van der Waals surface area contributed by atoms with Crippen molar-refractivity contribution < 1.29 is 4.79 Å². The Hall–Kier alpha value is -2.20. The molecule has 1 aromatic heterocycles. The highest BCUT2D eigenvalue weighted by atomic mass is 16.2. The molecule has 136 valence electrons. The normalized spacial score (nSPS) is 21.2. The lowest BCUT2D eigenvalue weighted by molar-refractivity contribution is -0.135. The van der Waals surface area contributed by atoms with Crippen LogP contribution in [-0.2, 0) is 16.8 Å². The third-order valence-corrected chi connectivity index (χ3v) is 5.65. The van der Waals surface area contributed by atoms with Gasteiger partial charge in [0.2, 0.25) is 5.91 Å². The van der Waals surface area contributed by atoms with E-state index >= 15 is 0 Å². The Balaban J connectivity index is 1.58. The van der Waals surface area contributed by atoms with E-state index in [9.17, 15) is 4.79 Å². The Morgan fingerprint density at radius 2 is 1.92 bits per heavy atom. The number of nitrogens with zero attached hydrogens (tertiary/aromatic N) is 3. The van der Waals surface area contributed by atoms with Crippen LogP contribution in [0.5, 0.6) is 0 Å². The van der Waals surface area contributed by atoms with Gasteiger partial charge in [-0.2, -0.15) is 0 Å². The van der Waals surface area contributed by atoms with E-state index in [0.717, 1.165) is 50.2 Å². The van der Waals surface area contributed by atoms with Gasteiger partial charge in [-0.05, 0) is 57.5 Å². The van der Waals surface area contributed by atoms with Gasteiger partial charge in [0.1, 0.15) is 0 Å². The molecule has 1 amide bonds. The van der Waals surface area contributed by atoms with Crippen LogP contribution in [0.15, 0.2) is 48.5 Å². The number of carbonyl (C=O) groups is 1. The highest BCUT2D eigenvalue weighted by Gasteiger charge is 2.54. The second-order valence-electron chi connectivity index (χ2n) is 7.90. The lowest BCUT2D eigenvalue weighted by Gasteiger charge is -2.29. The van der Waals surface area contributed by atoms with Crippen LogP contribution >= 0.6 is 0 Å². The van der Waals surface area contributed by atoms with Gasteiger partial charge in [-0.15, -0.1) is 0 Å². The van der Waals surface area contributed by atoms with Crippen molar-refractivity contribution in [3.05, 3.63) is 65.5 Å². The van der Waals surface area contributed by atoms with E-state index in [4.69, 9.17) is 4.98 Å². The average molecular weight is 349 g/mol. The number of pyridine rings is 1. The van der Waals surface area contributed by atoms with Crippen LogP contribution in [0.2, 0.25) is 0 Å². The highest BCUT2D eigenvalue weighted by molar-refractivity contribution is 5.91. The fourth-order valence-electron chi connectivity index (χ4n) is 4.20. The van der Waals surface area contributed by atoms with E-state index in [1.54, 1.807) is 0 Å². The SMILES string of the molecule is CN(C)Cc1cccc([C@@H]2CCCN2C(=O)C2(c3ccccc3)CC2)n1. The first-order valence-electron chi connectivity index (χ1n) is 9.57. The van der Waals surface area contributed by atoms with E-state index in [-0.39, 0.29) is 11.5 Å². The third kappa shape index (κ3) is 3.14. The van der Waals surface area contributed by atoms with Gasteiger partial charge in [-0.3, -0.25) is 9.78 Å². The van der Waals surface area contributed by atoms with Crippen molar-refractivity contribution >= 4 is 5.91 Å². The molecule has 2 aliphatic rings. The van der Waals surface area contributed by atoms with Crippen molar-refractivity contribution in [2.24, 2.45) is 0 Å². The summed E-state index contributed by atoms with van der Waals surface area (Å²) in [5.41, 5.74) is 2.99. The first-order chi connectivity index (χ1) is 12.6. The topological polar surface area (TPSA) is 36.4 Å². The molecule has 0 bridgehead atoms. The van der Waals surface area contributed by atoms with E-state index in [1.165, 1.54) is 5.56 Å². The zero-order chi connectivity index (χ0) is 18.1. The molecule has 2 aromatic rings. The first kappa shape index (κ1) is 17.2. The maximum atomic E-state index is 13.5. The number of rotatable bonds is 5. The minimum Gasteiger partial charge on any atom is -0.333 e. The molecule has 1 aromatic carbocycles. The molecule has 0 unspecified atom stereocenters. The maximum Gasteiger partial charge on any atom is 0.233 e. The van der Waals surface area contributed by atoms with Crippen molar-refractivity contribution in [2.75, 3.05) is 20.6 Å². The van der Waals surface area contributed by atoms with Gasteiger partial charge in [-0.1, -0.05) is 36.4 Å². The zero-order valence-corrected chi connectivity index (χ0v) is 15.7. The Bertz CT molecular complexity index is 783. The number of aromatic nitrogens is 1. The minimum atomic E-state index is -0.287. The van der Waals surface area contributed by atoms with Crippen LogP contribution in [0.4, 0.5) is 0 Å². The number of hydrogen-bond acceptors (Lipinski definition) is 3. The summed E-state index contributed by atoms with van der Waals surface area (Å²) >= 11 is 0. The van der Waals surface area contributed by atoms with Crippen molar-refractivity contribution in [1.82, 2.24) is 14.8 Å². The third-order valence-electron chi connectivity index (χ3n) is 5.65. The quantitative estimate of drug-likeness (QED) is 0.828. The number of likely N-dealkylation sites (tertiary alicyclic amines) is 1. The molecule has 1 saturated carbocycles.